The first-order valence-corrected chi connectivity index (χ1v) is 6.11. The summed E-state index contributed by atoms with van der Waals surface area (Å²) in [6.45, 7) is 1.43. The van der Waals surface area contributed by atoms with Crippen LogP contribution in [-0.4, -0.2) is 18.9 Å². The van der Waals surface area contributed by atoms with Crippen LogP contribution in [0.1, 0.15) is 19.8 Å². The Labute approximate surface area is 112 Å². The summed E-state index contributed by atoms with van der Waals surface area (Å²) in [5.41, 5.74) is -0.952. The number of piperidine rings is 1. The van der Waals surface area contributed by atoms with E-state index >= 15 is 0 Å². The van der Waals surface area contributed by atoms with Gasteiger partial charge >= 0.3 is 0 Å². The molecule has 0 aromatic heterocycles. The van der Waals surface area contributed by atoms with Crippen LogP contribution in [0.4, 0.5) is 27.6 Å². The second-order valence-corrected chi connectivity index (χ2v) is 4.81. The van der Waals surface area contributed by atoms with Crippen molar-refractivity contribution >= 4 is 11.5 Å². The maximum atomic E-state index is 13.7. The third-order valence-corrected chi connectivity index (χ3v) is 3.50. The molecule has 0 N–H and O–H groups in total. The van der Waals surface area contributed by atoms with Crippen LogP contribution in [0.2, 0.25) is 0 Å². The van der Waals surface area contributed by atoms with Gasteiger partial charge < -0.3 is 4.90 Å². The van der Waals surface area contributed by atoms with Crippen molar-refractivity contribution in [2.45, 2.75) is 19.8 Å². The van der Waals surface area contributed by atoms with Crippen LogP contribution in [0.3, 0.4) is 0 Å². The second kappa shape index (κ2) is 5.38. The lowest BCUT2D eigenvalue weighted by Gasteiger charge is -2.33. The summed E-state index contributed by atoms with van der Waals surface area (Å²) < 4.78 is 66.6. The first-order chi connectivity index (χ1) is 9.34. The maximum Gasteiger partial charge on any atom is 0.200 e. The number of carbonyl (C=O) groups excluding carboxylic acids is 1. The van der Waals surface area contributed by atoms with Crippen LogP contribution in [0.25, 0.3) is 0 Å². The molecular formula is C13H12F5NO. The van der Waals surface area contributed by atoms with Crippen molar-refractivity contribution in [1.82, 2.24) is 0 Å². The molecule has 1 saturated heterocycles. The monoisotopic (exact) mass is 293 g/mol. The van der Waals surface area contributed by atoms with E-state index in [1.54, 1.807) is 0 Å². The molecule has 0 radical (unpaired) electrons. The number of benzene rings is 1. The second-order valence-electron chi connectivity index (χ2n) is 4.81. The van der Waals surface area contributed by atoms with E-state index in [2.05, 4.69) is 0 Å². The SMILES string of the molecule is CC(=O)C1CCCN(c2c(F)c(F)c(F)c(F)c2F)C1. The average molecular weight is 293 g/mol. The van der Waals surface area contributed by atoms with E-state index in [4.69, 9.17) is 0 Å². The fourth-order valence-electron chi connectivity index (χ4n) is 2.38. The number of carbonyl (C=O) groups is 1. The summed E-state index contributed by atoms with van der Waals surface area (Å²) >= 11 is 0. The van der Waals surface area contributed by atoms with Gasteiger partial charge in [0.05, 0.1) is 0 Å². The van der Waals surface area contributed by atoms with Crippen molar-refractivity contribution in [3.8, 4) is 0 Å². The topological polar surface area (TPSA) is 20.3 Å². The quantitative estimate of drug-likeness (QED) is 0.474. The highest BCUT2D eigenvalue weighted by molar-refractivity contribution is 5.79. The van der Waals surface area contributed by atoms with Crippen molar-refractivity contribution in [3.63, 3.8) is 0 Å². The Bertz CT molecular complexity index is 531. The van der Waals surface area contributed by atoms with E-state index in [0.29, 0.717) is 12.8 Å². The number of rotatable bonds is 2. The normalized spacial score (nSPS) is 19.3. The Morgan fingerprint density at radius 1 is 1.00 bits per heavy atom. The summed E-state index contributed by atoms with van der Waals surface area (Å²) in [6.07, 6.45) is 0.991. The van der Waals surface area contributed by atoms with Crippen molar-refractivity contribution in [2.75, 3.05) is 18.0 Å². The summed E-state index contributed by atoms with van der Waals surface area (Å²) in [5, 5.41) is 0. The van der Waals surface area contributed by atoms with Crippen molar-refractivity contribution in [1.29, 1.82) is 0 Å². The van der Waals surface area contributed by atoms with E-state index in [0.717, 1.165) is 4.90 Å². The van der Waals surface area contributed by atoms with Crippen LogP contribution < -0.4 is 4.90 Å². The van der Waals surface area contributed by atoms with E-state index < -0.39 is 40.7 Å². The predicted molar refractivity (Wildman–Crippen MR) is 61.9 cm³/mol. The molecule has 0 amide bonds. The van der Waals surface area contributed by atoms with Crippen molar-refractivity contribution in [3.05, 3.63) is 29.1 Å². The molecular weight excluding hydrogens is 281 g/mol. The molecule has 1 unspecified atom stereocenters. The summed E-state index contributed by atoms with van der Waals surface area (Å²) in [4.78, 5) is 12.4. The Kier molecular flexibility index (Phi) is 3.96. The molecule has 1 fully saturated rings. The van der Waals surface area contributed by atoms with Gasteiger partial charge in [0.2, 0.25) is 5.82 Å². The lowest BCUT2D eigenvalue weighted by Crippen LogP contribution is -2.39. The van der Waals surface area contributed by atoms with E-state index in [9.17, 15) is 26.7 Å². The van der Waals surface area contributed by atoms with Crippen LogP contribution in [0, 0.1) is 35.0 Å². The number of ketones is 1. The van der Waals surface area contributed by atoms with Gasteiger partial charge in [-0.15, -0.1) is 0 Å². The van der Waals surface area contributed by atoms with Crippen LogP contribution >= 0.6 is 0 Å². The number of hydrogen-bond acceptors (Lipinski definition) is 2. The van der Waals surface area contributed by atoms with E-state index in [1.165, 1.54) is 6.92 Å². The maximum absolute atomic E-state index is 13.7. The Balaban J connectivity index is 2.45. The molecule has 20 heavy (non-hydrogen) atoms. The molecule has 0 saturated carbocycles. The number of halogens is 5. The summed E-state index contributed by atoms with van der Waals surface area (Å²) in [6, 6.07) is 0. The van der Waals surface area contributed by atoms with Crippen LogP contribution in [0.5, 0.6) is 0 Å². The number of anilines is 1. The minimum absolute atomic E-state index is 0.0479. The molecule has 1 aliphatic rings. The zero-order valence-corrected chi connectivity index (χ0v) is 10.7. The van der Waals surface area contributed by atoms with E-state index in [1.807, 2.05) is 0 Å². The molecule has 2 nitrogen and oxygen atoms in total. The molecule has 0 spiro atoms. The van der Waals surface area contributed by atoms with Gasteiger partial charge in [0.1, 0.15) is 11.5 Å². The fraction of sp³-hybridized carbons (Fsp3) is 0.462. The van der Waals surface area contributed by atoms with Crippen LogP contribution in [-0.2, 0) is 4.79 Å². The minimum atomic E-state index is -2.18. The molecule has 1 aromatic rings. The molecule has 1 heterocycles. The molecule has 0 aliphatic carbocycles. The first kappa shape index (κ1) is 14.7. The average Bonchev–Trinajstić information content (AvgIpc) is 2.43. The molecule has 1 atom stereocenters. The number of nitrogens with zero attached hydrogens (tertiary/aromatic N) is 1. The number of Topliss-reactive ketones (excluding diaryl/α,β-unsaturated/α-hetero) is 1. The minimum Gasteiger partial charge on any atom is -0.366 e. The zero-order chi connectivity index (χ0) is 15.0. The van der Waals surface area contributed by atoms with Gasteiger partial charge in [-0.05, 0) is 19.8 Å². The summed E-state index contributed by atoms with van der Waals surface area (Å²) in [5.74, 6) is -10.5. The van der Waals surface area contributed by atoms with Crippen molar-refractivity contribution in [2.24, 2.45) is 5.92 Å². The highest BCUT2D eigenvalue weighted by Gasteiger charge is 2.32. The van der Waals surface area contributed by atoms with Crippen molar-refractivity contribution < 1.29 is 26.7 Å². The predicted octanol–water partition coefficient (Wildman–Crippen LogP) is 3.19. The lowest BCUT2D eigenvalue weighted by atomic mass is 9.94. The first-order valence-electron chi connectivity index (χ1n) is 6.11. The number of hydrogen-bond donors (Lipinski definition) is 0. The Hall–Kier alpha value is -1.66. The smallest absolute Gasteiger partial charge is 0.200 e. The third kappa shape index (κ3) is 2.36. The molecule has 110 valence electrons. The van der Waals surface area contributed by atoms with Gasteiger partial charge in [-0.2, -0.15) is 0 Å². The zero-order valence-electron chi connectivity index (χ0n) is 10.7. The van der Waals surface area contributed by atoms with Crippen LogP contribution in [0.15, 0.2) is 0 Å². The molecule has 2 rings (SSSR count). The molecule has 7 heteroatoms. The van der Waals surface area contributed by atoms with Gasteiger partial charge in [0.25, 0.3) is 0 Å². The van der Waals surface area contributed by atoms with Gasteiger partial charge in [0, 0.05) is 19.0 Å². The lowest BCUT2D eigenvalue weighted by molar-refractivity contribution is -0.120. The van der Waals surface area contributed by atoms with Gasteiger partial charge in [0.15, 0.2) is 23.3 Å². The standard InChI is InChI=1S/C13H12F5NO/c1-6(20)7-3-2-4-19(5-7)13-11(17)9(15)8(14)10(16)12(13)18/h7H,2-5H2,1H3. The molecule has 1 aliphatic heterocycles. The summed E-state index contributed by atoms with van der Waals surface area (Å²) in [7, 11) is 0. The third-order valence-electron chi connectivity index (χ3n) is 3.50. The molecule has 1 aromatic carbocycles. The van der Waals surface area contributed by atoms with Gasteiger partial charge in [-0.3, -0.25) is 4.79 Å². The Morgan fingerprint density at radius 3 is 2.00 bits per heavy atom. The fourth-order valence-corrected chi connectivity index (χ4v) is 2.38. The van der Waals surface area contributed by atoms with Gasteiger partial charge in [-0.25, -0.2) is 22.0 Å². The highest BCUT2D eigenvalue weighted by Crippen LogP contribution is 2.33. The van der Waals surface area contributed by atoms with Gasteiger partial charge in [-0.1, -0.05) is 0 Å². The largest absolute Gasteiger partial charge is 0.366 e. The molecule has 0 bridgehead atoms. The Morgan fingerprint density at radius 2 is 1.50 bits per heavy atom. The highest BCUT2D eigenvalue weighted by atomic mass is 19.2. The van der Waals surface area contributed by atoms with E-state index in [-0.39, 0.29) is 18.9 Å².